The molecule has 1 amide bonds. The van der Waals surface area contributed by atoms with Gasteiger partial charge in [0.15, 0.2) is 0 Å². The van der Waals surface area contributed by atoms with Crippen molar-refractivity contribution in [1.82, 2.24) is 5.32 Å². The average Bonchev–Trinajstić information content (AvgIpc) is 2.84. The van der Waals surface area contributed by atoms with Gasteiger partial charge in [-0.2, -0.15) is 0 Å². The number of amides is 1. The van der Waals surface area contributed by atoms with E-state index in [4.69, 9.17) is 10.5 Å². The van der Waals surface area contributed by atoms with Crippen molar-refractivity contribution in [3.05, 3.63) is 0 Å². The highest BCUT2D eigenvalue weighted by Crippen LogP contribution is 2.40. The Hall–Kier alpha value is -0.610. The molecule has 0 bridgehead atoms. The fourth-order valence-corrected chi connectivity index (χ4v) is 2.85. The standard InChI is InChI=1S/C16H32N2O2/c1-5-20-11-10-16(8-6-7-9-16)12-18-14(19)13(17)15(2,3)4/h13H,5-12,17H2,1-4H3,(H,18,19)/t13-/m1/s1. The lowest BCUT2D eigenvalue weighted by molar-refractivity contribution is -0.125. The summed E-state index contributed by atoms with van der Waals surface area (Å²) in [5.74, 6) is -0.0276. The van der Waals surface area contributed by atoms with E-state index in [-0.39, 0.29) is 16.7 Å². The van der Waals surface area contributed by atoms with Crippen LogP contribution in [0, 0.1) is 10.8 Å². The molecule has 0 aromatic carbocycles. The van der Waals surface area contributed by atoms with Crippen LogP contribution >= 0.6 is 0 Å². The zero-order valence-electron chi connectivity index (χ0n) is 13.6. The van der Waals surface area contributed by atoms with E-state index in [9.17, 15) is 4.79 Å². The maximum Gasteiger partial charge on any atom is 0.237 e. The van der Waals surface area contributed by atoms with Crippen LogP contribution in [0.1, 0.15) is 59.8 Å². The zero-order chi connectivity index (χ0) is 15.2. The van der Waals surface area contributed by atoms with Crippen LogP contribution in [0.25, 0.3) is 0 Å². The SMILES string of the molecule is CCOCCC1(CNC(=O)[C@@H](N)C(C)(C)C)CCCC1. The monoisotopic (exact) mass is 284 g/mol. The first-order valence-electron chi connectivity index (χ1n) is 7.92. The second kappa shape index (κ2) is 7.41. The van der Waals surface area contributed by atoms with Gasteiger partial charge in [-0.3, -0.25) is 4.79 Å². The third-order valence-electron chi connectivity index (χ3n) is 4.50. The van der Waals surface area contributed by atoms with E-state index in [0.717, 1.165) is 26.2 Å². The summed E-state index contributed by atoms with van der Waals surface area (Å²) in [6.45, 7) is 10.3. The summed E-state index contributed by atoms with van der Waals surface area (Å²) in [7, 11) is 0. The molecule has 1 rings (SSSR count). The van der Waals surface area contributed by atoms with E-state index in [1.807, 2.05) is 27.7 Å². The lowest BCUT2D eigenvalue weighted by atomic mass is 9.82. The van der Waals surface area contributed by atoms with Gasteiger partial charge < -0.3 is 15.8 Å². The summed E-state index contributed by atoms with van der Waals surface area (Å²) in [6.07, 6.45) is 5.92. The summed E-state index contributed by atoms with van der Waals surface area (Å²) >= 11 is 0. The van der Waals surface area contributed by atoms with Gasteiger partial charge in [0, 0.05) is 19.8 Å². The third kappa shape index (κ3) is 5.06. The highest BCUT2D eigenvalue weighted by Gasteiger charge is 2.35. The van der Waals surface area contributed by atoms with Crippen molar-refractivity contribution < 1.29 is 9.53 Å². The molecule has 4 heteroatoms. The molecule has 20 heavy (non-hydrogen) atoms. The number of carbonyl (C=O) groups is 1. The molecule has 4 nitrogen and oxygen atoms in total. The predicted molar refractivity (Wildman–Crippen MR) is 82.5 cm³/mol. The summed E-state index contributed by atoms with van der Waals surface area (Å²) in [5, 5.41) is 3.08. The molecule has 1 aliphatic rings. The van der Waals surface area contributed by atoms with Crippen LogP contribution in [-0.4, -0.2) is 31.7 Å². The molecule has 0 radical (unpaired) electrons. The van der Waals surface area contributed by atoms with Crippen molar-refractivity contribution in [3.8, 4) is 0 Å². The Morgan fingerprint density at radius 2 is 1.95 bits per heavy atom. The van der Waals surface area contributed by atoms with Crippen molar-refractivity contribution in [2.24, 2.45) is 16.6 Å². The minimum atomic E-state index is -0.451. The van der Waals surface area contributed by atoms with Crippen LogP contribution in [0.3, 0.4) is 0 Å². The molecule has 0 saturated heterocycles. The molecular formula is C16H32N2O2. The lowest BCUT2D eigenvalue weighted by Crippen LogP contribution is -2.50. The number of nitrogens with two attached hydrogens (primary N) is 1. The summed E-state index contributed by atoms with van der Waals surface area (Å²) in [6, 6.07) is -0.451. The van der Waals surface area contributed by atoms with E-state index >= 15 is 0 Å². The minimum Gasteiger partial charge on any atom is -0.382 e. The molecule has 0 aromatic rings. The Bertz CT molecular complexity index is 304. The summed E-state index contributed by atoms with van der Waals surface area (Å²) in [4.78, 5) is 12.2. The average molecular weight is 284 g/mol. The molecule has 3 N–H and O–H groups in total. The van der Waals surface area contributed by atoms with Gasteiger partial charge in [-0.15, -0.1) is 0 Å². The van der Waals surface area contributed by atoms with Crippen LogP contribution in [-0.2, 0) is 9.53 Å². The zero-order valence-corrected chi connectivity index (χ0v) is 13.6. The number of carbonyl (C=O) groups excluding carboxylic acids is 1. The van der Waals surface area contributed by atoms with Gasteiger partial charge in [0.25, 0.3) is 0 Å². The van der Waals surface area contributed by atoms with Gasteiger partial charge in [-0.25, -0.2) is 0 Å². The Morgan fingerprint density at radius 1 is 1.35 bits per heavy atom. The van der Waals surface area contributed by atoms with E-state index in [2.05, 4.69) is 5.32 Å². The van der Waals surface area contributed by atoms with Crippen LogP contribution in [0.15, 0.2) is 0 Å². The van der Waals surface area contributed by atoms with Crippen molar-refractivity contribution in [1.29, 1.82) is 0 Å². The fraction of sp³-hybridized carbons (Fsp3) is 0.938. The number of ether oxygens (including phenoxy) is 1. The highest BCUT2D eigenvalue weighted by molar-refractivity contribution is 5.82. The number of rotatable bonds is 7. The van der Waals surface area contributed by atoms with Crippen molar-refractivity contribution >= 4 is 5.91 Å². The fourth-order valence-electron chi connectivity index (χ4n) is 2.85. The normalized spacial score (nSPS) is 19.9. The van der Waals surface area contributed by atoms with Crippen molar-refractivity contribution in [3.63, 3.8) is 0 Å². The topological polar surface area (TPSA) is 64.3 Å². The number of nitrogens with one attached hydrogen (secondary N) is 1. The molecule has 0 unspecified atom stereocenters. The Kier molecular flexibility index (Phi) is 6.46. The quantitative estimate of drug-likeness (QED) is 0.706. The van der Waals surface area contributed by atoms with Gasteiger partial charge in [0.1, 0.15) is 0 Å². The van der Waals surface area contributed by atoms with E-state index in [1.165, 1.54) is 25.7 Å². The van der Waals surface area contributed by atoms with E-state index in [0.29, 0.717) is 0 Å². The molecule has 118 valence electrons. The maximum atomic E-state index is 12.2. The Labute approximate surface area is 123 Å². The summed E-state index contributed by atoms with van der Waals surface area (Å²) in [5.41, 5.74) is 6.04. The molecule has 0 aliphatic heterocycles. The maximum absolute atomic E-state index is 12.2. The smallest absolute Gasteiger partial charge is 0.237 e. The largest absolute Gasteiger partial charge is 0.382 e. The van der Waals surface area contributed by atoms with Crippen LogP contribution in [0.2, 0.25) is 0 Å². The predicted octanol–water partition coefficient (Wildman–Crippen LogP) is 2.46. The molecule has 0 heterocycles. The second-order valence-corrected chi connectivity index (χ2v) is 7.22. The molecule has 1 atom stereocenters. The van der Waals surface area contributed by atoms with Gasteiger partial charge in [0.05, 0.1) is 6.04 Å². The van der Waals surface area contributed by atoms with Gasteiger partial charge >= 0.3 is 0 Å². The molecule has 1 aliphatic carbocycles. The molecule has 1 saturated carbocycles. The molecule has 0 spiro atoms. The highest BCUT2D eigenvalue weighted by atomic mass is 16.5. The van der Waals surface area contributed by atoms with Crippen LogP contribution in [0.4, 0.5) is 0 Å². The Morgan fingerprint density at radius 3 is 2.45 bits per heavy atom. The van der Waals surface area contributed by atoms with Crippen molar-refractivity contribution in [2.75, 3.05) is 19.8 Å². The van der Waals surface area contributed by atoms with E-state index < -0.39 is 6.04 Å². The molecular weight excluding hydrogens is 252 g/mol. The van der Waals surface area contributed by atoms with E-state index in [1.54, 1.807) is 0 Å². The van der Waals surface area contributed by atoms with Crippen molar-refractivity contribution in [2.45, 2.75) is 65.8 Å². The minimum absolute atomic E-state index is 0.0276. The number of hydrogen-bond acceptors (Lipinski definition) is 3. The first kappa shape index (κ1) is 17.4. The van der Waals surface area contributed by atoms with Crippen LogP contribution in [0.5, 0.6) is 0 Å². The molecule has 0 aromatic heterocycles. The second-order valence-electron chi connectivity index (χ2n) is 7.22. The Balaban J connectivity index is 2.48. The summed E-state index contributed by atoms with van der Waals surface area (Å²) < 4.78 is 5.49. The lowest BCUT2D eigenvalue weighted by Gasteiger charge is -2.32. The van der Waals surface area contributed by atoms with Gasteiger partial charge in [-0.1, -0.05) is 33.6 Å². The van der Waals surface area contributed by atoms with Crippen LogP contribution < -0.4 is 11.1 Å². The first-order chi connectivity index (χ1) is 9.31. The van der Waals surface area contributed by atoms with Gasteiger partial charge in [-0.05, 0) is 37.0 Å². The van der Waals surface area contributed by atoms with Gasteiger partial charge in [0.2, 0.25) is 5.91 Å². The third-order valence-corrected chi connectivity index (χ3v) is 4.50. The number of hydrogen-bond donors (Lipinski definition) is 2. The molecule has 1 fully saturated rings. The first-order valence-corrected chi connectivity index (χ1v) is 7.92.